The summed E-state index contributed by atoms with van der Waals surface area (Å²) in [5.41, 5.74) is -0.212. The molecule has 0 aromatic rings. The average Bonchev–Trinajstić information content (AvgIpc) is 2.22. The van der Waals surface area contributed by atoms with Crippen LogP contribution in [0.3, 0.4) is 0 Å². The zero-order chi connectivity index (χ0) is 12.7. The van der Waals surface area contributed by atoms with Gasteiger partial charge in [0.2, 0.25) is 5.91 Å². The van der Waals surface area contributed by atoms with E-state index in [1.165, 1.54) is 6.08 Å². The molecular formula is C13H19NO3. The molecule has 0 radical (unpaired) electrons. The van der Waals surface area contributed by atoms with E-state index in [2.05, 4.69) is 5.32 Å². The number of allylic oxidation sites excluding steroid dienone is 3. The van der Waals surface area contributed by atoms with Crippen molar-refractivity contribution < 1.29 is 14.7 Å². The van der Waals surface area contributed by atoms with Gasteiger partial charge in [0, 0.05) is 12.6 Å². The van der Waals surface area contributed by atoms with Crippen LogP contribution in [-0.4, -0.2) is 23.5 Å². The van der Waals surface area contributed by atoms with Crippen LogP contribution in [0, 0.1) is 5.41 Å². The fourth-order valence-electron chi connectivity index (χ4n) is 2.00. The van der Waals surface area contributed by atoms with Crippen LogP contribution in [0.2, 0.25) is 0 Å². The second-order valence-electron chi connectivity index (χ2n) is 4.53. The number of carboxylic acids is 1. The van der Waals surface area contributed by atoms with Crippen molar-refractivity contribution >= 4 is 11.9 Å². The van der Waals surface area contributed by atoms with Crippen molar-refractivity contribution in [3.63, 3.8) is 0 Å². The standard InChI is InChI=1S/C13H19NO3/c1-2-3-4-6-11(15)14-10-13(7-5-8-13)9-12(16)17/h2-4,6H,5,7-10H2,1H3,(H,14,15)(H,16,17). The summed E-state index contributed by atoms with van der Waals surface area (Å²) in [4.78, 5) is 22.1. The van der Waals surface area contributed by atoms with Crippen molar-refractivity contribution in [3.05, 3.63) is 24.3 Å². The van der Waals surface area contributed by atoms with Gasteiger partial charge >= 0.3 is 5.97 Å². The molecular weight excluding hydrogens is 218 g/mol. The van der Waals surface area contributed by atoms with Crippen molar-refractivity contribution in [1.29, 1.82) is 0 Å². The van der Waals surface area contributed by atoms with Gasteiger partial charge in [0.1, 0.15) is 0 Å². The smallest absolute Gasteiger partial charge is 0.303 e. The first-order valence-electron chi connectivity index (χ1n) is 5.87. The Labute approximate surface area is 101 Å². The Morgan fingerprint density at radius 1 is 1.35 bits per heavy atom. The van der Waals surface area contributed by atoms with E-state index in [-0.39, 0.29) is 17.7 Å². The number of nitrogens with one attached hydrogen (secondary N) is 1. The SMILES string of the molecule is CC=CC=CC(=O)NCC1(CC(=O)O)CCC1. The largest absolute Gasteiger partial charge is 0.481 e. The number of carbonyl (C=O) groups is 2. The van der Waals surface area contributed by atoms with Crippen LogP contribution in [0.5, 0.6) is 0 Å². The van der Waals surface area contributed by atoms with Crippen molar-refractivity contribution in [2.45, 2.75) is 32.6 Å². The van der Waals surface area contributed by atoms with Gasteiger partial charge in [-0.05, 0) is 25.2 Å². The van der Waals surface area contributed by atoms with Crippen molar-refractivity contribution in [1.82, 2.24) is 5.32 Å². The van der Waals surface area contributed by atoms with Gasteiger partial charge in [-0.2, -0.15) is 0 Å². The van der Waals surface area contributed by atoms with Crippen LogP contribution >= 0.6 is 0 Å². The molecule has 2 N–H and O–H groups in total. The maximum Gasteiger partial charge on any atom is 0.303 e. The van der Waals surface area contributed by atoms with Crippen LogP contribution in [0.1, 0.15) is 32.6 Å². The van der Waals surface area contributed by atoms with Gasteiger partial charge in [0.25, 0.3) is 0 Å². The van der Waals surface area contributed by atoms with Crippen LogP contribution in [-0.2, 0) is 9.59 Å². The predicted octanol–water partition coefficient (Wildman–Crippen LogP) is 1.88. The molecule has 0 atom stereocenters. The summed E-state index contributed by atoms with van der Waals surface area (Å²) in [6, 6.07) is 0. The fourth-order valence-corrected chi connectivity index (χ4v) is 2.00. The highest BCUT2D eigenvalue weighted by molar-refractivity contribution is 5.87. The minimum Gasteiger partial charge on any atom is -0.481 e. The molecule has 4 heteroatoms. The topological polar surface area (TPSA) is 66.4 Å². The number of aliphatic carboxylic acids is 1. The molecule has 94 valence electrons. The van der Waals surface area contributed by atoms with Crippen LogP contribution in [0.15, 0.2) is 24.3 Å². The first-order chi connectivity index (χ1) is 8.08. The average molecular weight is 237 g/mol. The lowest BCUT2D eigenvalue weighted by molar-refractivity contribution is -0.141. The summed E-state index contributed by atoms with van der Waals surface area (Å²) in [5, 5.41) is 11.6. The van der Waals surface area contributed by atoms with Crippen LogP contribution in [0.4, 0.5) is 0 Å². The minimum absolute atomic E-state index is 0.145. The third kappa shape index (κ3) is 4.43. The van der Waals surface area contributed by atoms with Gasteiger partial charge in [-0.3, -0.25) is 9.59 Å². The number of rotatable bonds is 6. The van der Waals surface area contributed by atoms with Crippen LogP contribution in [0.25, 0.3) is 0 Å². The normalized spacial score (nSPS) is 18.2. The highest BCUT2D eigenvalue weighted by atomic mass is 16.4. The van der Waals surface area contributed by atoms with Gasteiger partial charge in [-0.15, -0.1) is 0 Å². The maximum atomic E-state index is 11.4. The van der Waals surface area contributed by atoms with E-state index < -0.39 is 5.97 Å². The van der Waals surface area contributed by atoms with E-state index in [0.29, 0.717) is 6.54 Å². The highest BCUT2D eigenvalue weighted by Gasteiger charge is 2.38. The molecule has 1 aliphatic rings. The maximum absolute atomic E-state index is 11.4. The van der Waals surface area contributed by atoms with Gasteiger partial charge < -0.3 is 10.4 Å². The Bertz CT molecular complexity index is 341. The zero-order valence-electron chi connectivity index (χ0n) is 10.1. The molecule has 0 aliphatic heterocycles. The molecule has 0 unspecified atom stereocenters. The molecule has 1 rings (SSSR count). The van der Waals surface area contributed by atoms with E-state index in [1.807, 2.05) is 13.0 Å². The third-order valence-electron chi connectivity index (χ3n) is 3.13. The van der Waals surface area contributed by atoms with Gasteiger partial charge in [-0.1, -0.05) is 24.6 Å². The molecule has 1 amide bonds. The van der Waals surface area contributed by atoms with E-state index in [0.717, 1.165) is 19.3 Å². The molecule has 4 nitrogen and oxygen atoms in total. The Morgan fingerprint density at radius 3 is 2.53 bits per heavy atom. The number of hydrogen-bond acceptors (Lipinski definition) is 2. The Kier molecular flexibility index (Phi) is 4.94. The molecule has 0 aromatic heterocycles. The Hall–Kier alpha value is -1.58. The van der Waals surface area contributed by atoms with Crippen LogP contribution < -0.4 is 5.32 Å². The van der Waals surface area contributed by atoms with E-state index in [1.54, 1.807) is 12.2 Å². The van der Waals surface area contributed by atoms with E-state index in [4.69, 9.17) is 5.11 Å². The monoisotopic (exact) mass is 237 g/mol. The zero-order valence-corrected chi connectivity index (χ0v) is 10.1. The second-order valence-corrected chi connectivity index (χ2v) is 4.53. The lowest BCUT2D eigenvalue weighted by atomic mass is 9.66. The van der Waals surface area contributed by atoms with Gasteiger partial charge in [0.05, 0.1) is 6.42 Å². The summed E-state index contributed by atoms with van der Waals surface area (Å²) >= 11 is 0. The number of carbonyl (C=O) groups excluding carboxylic acids is 1. The number of hydrogen-bond donors (Lipinski definition) is 2. The van der Waals surface area contributed by atoms with E-state index in [9.17, 15) is 9.59 Å². The Balaban J connectivity index is 2.37. The molecule has 0 bridgehead atoms. The van der Waals surface area contributed by atoms with Crippen molar-refractivity contribution in [3.8, 4) is 0 Å². The molecule has 0 saturated heterocycles. The highest BCUT2D eigenvalue weighted by Crippen LogP contribution is 2.43. The lowest BCUT2D eigenvalue weighted by Crippen LogP contribution is -2.43. The second kappa shape index (κ2) is 6.23. The molecule has 0 aromatic carbocycles. The molecule has 17 heavy (non-hydrogen) atoms. The lowest BCUT2D eigenvalue weighted by Gasteiger charge is -2.40. The van der Waals surface area contributed by atoms with Gasteiger partial charge in [0.15, 0.2) is 0 Å². The molecule has 0 heterocycles. The summed E-state index contributed by atoms with van der Waals surface area (Å²) in [6.07, 6.45) is 9.70. The summed E-state index contributed by atoms with van der Waals surface area (Å²) < 4.78 is 0. The third-order valence-corrected chi connectivity index (χ3v) is 3.13. The predicted molar refractivity (Wildman–Crippen MR) is 65.5 cm³/mol. The van der Waals surface area contributed by atoms with E-state index >= 15 is 0 Å². The minimum atomic E-state index is -0.789. The fraction of sp³-hybridized carbons (Fsp3) is 0.538. The van der Waals surface area contributed by atoms with Crippen molar-refractivity contribution in [2.24, 2.45) is 5.41 Å². The number of carboxylic acid groups (broad SMARTS) is 1. The molecule has 0 spiro atoms. The van der Waals surface area contributed by atoms with Gasteiger partial charge in [-0.25, -0.2) is 0 Å². The summed E-state index contributed by atoms with van der Waals surface area (Å²) in [5.74, 6) is -0.955. The Morgan fingerprint density at radius 2 is 2.06 bits per heavy atom. The quantitative estimate of drug-likeness (QED) is 0.547. The molecule has 1 aliphatic carbocycles. The molecule has 1 fully saturated rings. The first-order valence-corrected chi connectivity index (χ1v) is 5.87. The summed E-state index contributed by atoms with van der Waals surface area (Å²) in [6.45, 7) is 2.33. The first kappa shape index (κ1) is 13.5. The van der Waals surface area contributed by atoms with Crippen molar-refractivity contribution in [2.75, 3.05) is 6.54 Å². The summed E-state index contributed by atoms with van der Waals surface area (Å²) in [7, 11) is 0. The number of amides is 1. The molecule has 1 saturated carbocycles.